The molecule has 0 fully saturated rings. The summed E-state index contributed by atoms with van der Waals surface area (Å²) in [5.41, 5.74) is 2.99. The van der Waals surface area contributed by atoms with Crippen molar-refractivity contribution in [1.82, 2.24) is 5.48 Å². The Morgan fingerprint density at radius 3 is 2.53 bits per heavy atom. The standard InChI is InChI=1S/C12H16N2O4S/c1-17-7-8-18-14-6-9-19(15,16)12-4-2-11(10-13)3-5-12/h2-5,14H,6-9H2,1H3. The monoisotopic (exact) mass is 284 g/mol. The van der Waals surface area contributed by atoms with E-state index in [-0.39, 0.29) is 17.2 Å². The lowest BCUT2D eigenvalue weighted by atomic mass is 10.2. The number of sulfone groups is 1. The van der Waals surface area contributed by atoms with Crippen LogP contribution in [0.1, 0.15) is 5.56 Å². The molecular weight excluding hydrogens is 268 g/mol. The van der Waals surface area contributed by atoms with Gasteiger partial charge in [-0.3, -0.25) is 4.84 Å². The fourth-order valence-electron chi connectivity index (χ4n) is 1.30. The van der Waals surface area contributed by atoms with Gasteiger partial charge in [0.2, 0.25) is 0 Å². The number of ether oxygens (including phenoxy) is 1. The summed E-state index contributed by atoms with van der Waals surface area (Å²) in [5.74, 6) is -0.0775. The molecule has 0 saturated carbocycles. The molecule has 0 aliphatic rings. The number of nitrogens with zero attached hydrogens (tertiary/aromatic N) is 1. The number of nitriles is 1. The number of methoxy groups -OCH3 is 1. The van der Waals surface area contributed by atoms with E-state index >= 15 is 0 Å². The summed E-state index contributed by atoms with van der Waals surface area (Å²) in [6.07, 6.45) is 0. The van der Waals surface area contributed by atoms with Crippen LogP contribution in [0.5, 0.6) is 0 Å². The van der Waals surface area contributed by atoms with E-state index in [2.05, 4.69) is 5.48 Å². The van der Waals surface area contributed by atoms with Crippen LogP contribution in [0.3, 0.4) is 0 Å². The Labute approximate surface area is 112 Å². The zero-order chi connectivity index (χ0) is 14.1. The van der Waals surface area contributed by atoms with Crippen molar-refractivity contribution < 1.29 is 18.0 Å². The van der Waals surface area contributed by atoms with Crippen LogP contribution in [0.2, 0.25) is 0 Å². The highest BCUT2D eigenvalue weighted by Crippen LogP contribution is 2.11. The van der Waals surface area contributed by atoms with Crippen LogP contribution in [-0.4, -0.2) is 41.0 Å². The molecule has 1 aromatic carbocycles. The molecule has 1 rings (SSSR count). The lowest BCUT2D eigenvalue weighted by Gasteiger charge is -2.06. The second-order valence-corrected chi connectivity index (χ2v) is 5.80. The first-order chi connectivity index (χ1) is 9.10. The van der Waals surface area contributed by atoms with Crippen molar-refractivity contribution >= 4 is 9.84 Å². The van der Waals surface area contributed by atoms with Gasteiger partial charge in [0.1, 0.15) is 0 Å². The lowest BCUT2D eigenvalue weighted by molar-refractivity contribution is 0.00978. The molecular formula is C12H16N2O4S. The normalized spacial score (nSPS) is 11.2. The predicted octanol–water partition coefficient (Wildman–Crippen LogP) is 0.500. The zero-order valence-electron chi connectivity index (χ0n) is 10.6. The quantitative estimate of drug-likeness (QED) is 0.552. The van der Waals surface area contributed by atoms with Crippen molar-refractivity contribution in [2.75, 3.05) is 32.6 Å². The van der Waals surface area contributed by atoms with Crippen molar-refractivity contribution in [1.29, 1.82) is 5.26 Å². The maximum absolute atomic E-state index is 11.9. The molecule has 104 valence electrons. The maximum atomic E-state index is 11.9. The number of rotatable bonds is 8. The molecule has 0 aliphatic heterocycles. The van der Waals surface area contributed by atoms with Gasteiger partial charge in [-0.1, -0.05) is 0 Å². The topological polar surface area (TPSA) is 88.4 Å². The summed E-state index contributed by atoms with van der Waals surface area (Å²) >= 11 is 0. The molecule has 19 heavy (non-hydrogen) atoms. The molecule has 7 heteroatoms. The first kappa shape index (κ1) is 15.6. The van der Waals surface area contributed by atoms with E-state index in [1.807, 2.05) is 6.07 Å². The minimum atomic E-state index is -3.36. The maximum Gasteiger partial charge on any atom is 0.179 e. The van der Waals surface area contributed by atoms with Gasteiger partial charge in [0.25, 0.3) is 0 Å². The van der Waals surface area contributed by atoms with E-state index in [1.54, 1.807) is 7.11 Å². The largest absolute Gasteiger partial charge is 0.382 e. The van der Waals surface area contributed by atoms with Crippen LogP contribution < -0.4 is 5.48 Å². The van der Waals surface area contributed by atoms with Crippen LogP contribution in [0, 0.1) is 11.3 Å². The van der Waals surface area contributed by atoms with Crippen molar-refractivity contribution in [2.45, 2.75) is 4.90 Å². The second-order valence-electron chi connectivity index (χ2n) is 3.69. The first-order valence-corrected chi connectivity index (χ1v) is 7.32. The molecule has 0 bridgehead atoms. The third-order valence-corrected chi connectivity index (χ3v) is 4.04. The molecule has 0 radical (unpaired) electrons. The highest BCUT2D eigenvalue weighted by molar-refractivity contribution is 7.91. The third-order valence-electron chi connectivity index (χ3n) is 2.31. The van der Waals surface area contributed by atoms with Gasteiger partial charge >= 0.3 is 0 Å². The van der Waals surface area contributed by atoms with E-state index in [9.17, 15) is 8.42 Å². The Hall–Kier alpha value is -1.46. The summed E-state index contributed by atoms with van der Waals surface area (Å²) in [7, 11) is -1.81. The number of hydrogen-bond donors (Lipinski definition) is 1. The Bertz CT molecular complexity index is 520. The zero-order valence-corrected chi connectivity index (χ0v) is 11.4. The summed E-state index contributed by atoms with van der Waals surface area (Å²) in [4.78, 5) is 5.16. The summed E-state index contributed by atoms with van der Waals surface area (Å²) in [6.45, 7) is 0.981. The third kappa shape index (κ3) is 5.36. The average molecular weight is 284 g/mol. The first-order valence-electron chi connectivity index (χ1n) is 5.66. The van der Waals surface area contributed by atoms with Gasteiger partial charge in [0.05, 0.1) is 35.5 Å². The van der Waals surface area contributed by atoms with Crippen LogP contribution in [0.4, 0.5) is 0 Å². The fourth-order valence-corrected chi connectivity index (χ4v) is 2.44. The van der Waals surface area contributed by atoms with E-state index < -0.39 is 9.84 Å². The molecule has 0 aliphatic carbocycles. The van der Waals surface area contributed by atoms with Crippen molar-refractivity contribution in [3.05, 3.63) is 29.8 Å². The van der Waals surface area contributed by atoms with Gasteiger partial charge in [-0.2, -0.15) is 5.26 Å². The minimum Gasteiger partial charge on any atom is -0.382 e. The van der Waals surface area contributed by atoms with Gasteiger partial charge in [-0.05, 0) is 24.3 Å². The molecule has 0 saturated heterocycles. The minimum absolute atomic E-state index is 0.0775. The SMILES string of the molecule is COCCONCCS(=O)(=O)c1ccc(C#N)cc1. The van der Waals surface area contributed by atoms with E-state index in [0.717, 1.165) is 0 Å². The molecule has 0 aromatic heterocycles. The Morgan fingerprint density at radius 2 is 1.95 bits per heavy atom. The van der Waals surface area contributed by atoms with Crippen LogP contribution in [-0.2, 0) is 19.4 Å². The molecule has 0 atom stereocenters. The number of nitrogens with one attached hydrogen (secondary N) is 1. The Morgan fingerprint density at radius 1 is 1.26 bits per heavy atom. The molecule has 0 spiro atoms. The summed E-state index contributed by atoms with van der Waals surface area (Å²) in [6, 6.07) is 7.76. The number of hydroxylamine groups is 1. The highest BCUT2D eigenvalue weighted by atomic mass is 32.2. The van der Waals surface area contributed by atoms with Gasteiger partial charge in [0, 0.05) is 13.7 Å². The lowest BCUT2D eigenvalue weighted by Crippen LogP contribution is -2.24. The van der Waals surface area contributed by atoms with Crippen LogP contribution in [0.15, 0.2) is 29.2 Å². The van der Waals surface area contributed by atoms with Crippen molar-refractivity contribution in [2.24, 2.45) is 0 Å². The molecule has 0 heterocycles. The van der Waals surface area contributed by atoms with Crippen molar-refractivity contribution in [3.8, 4) is 6.07 Å². The highest BCUT2D eigenvalue weighted by Gasteiger charge is 2.13. The van der Waals surface area contributed by atoms with Gasteiger partial charge in [-0.15, -0.1) is 0 Å². The van der Waals surface area contributed by atoms with Gasteiger partial charge in [0.15, 0.2) is 9.84 Å². The van der Waals surface area contributed by atoms with E-state index in [4.69, 9.17) is 14.8 Å². The average Bonchev–Trinajstić information content (AvgIpc) is 2.43. The predicted molar refractivity (Wildman–Crippen MR) is 69.0 cm³/mol. The fraction of sp³-hybridized carbons (Fsp3) is 0.417. The van der Waals surface area contributed by atoms with E-state index in [0.29, 0.717) is 18.8 Å². The van der Waals surface area contributed by atoms with Crippen molar-refractivity contribution in [3.63, 3.8) is 0 Å². The smallest absolute Gasteiger partial charge is 0.179 e. The molecule has 0 unspecified atom stereocenters. The number of hydrogen-bond acceptors (Lipinski definition) is 6. The van der Waals surface area contributed by atoms with Gasteiger partial charge < -0.3 is 4.74 Å². The Balaban J connectivity index is 2.45. The molecule has 6 nitrogen and oxygen atoms in total. The van der Waals surface area contributed by atoms with Crippen LogP contribution >= 0.6 is 0 Å². The molecule has 1 N–H and O–H groups in total. The van der Waals surface area contributed by atoms with Gasteiger partial charge in [-0.25, -0.2) is 13.9 Å². The second kappa shape index (κ2) is 7.86. The summed E-state index contributed by atoms with van der Waals surface area (Å²) in [5, 5.41) is 8.64. The van der Waals surface area contributed by atoms with E-state index in [1.165, 1.54) is 24.3 Å². The Kier molecular flexibility index (Phi) is 6.45. The molecule has 0 amide bonds. The summed E-state index contributed by atoms with van der Waals surface area (Å²) < 4.78 is 28.6. The molecule has 1 aromatic rings. The van der Waals surface area contributed by atoms with Crippen LogP contribution in [0.25, 0.3) is 0 Å². The number of benzene rings is 1.